The van der Waals surface area contributed by atoms with Crippen molar-refractivity contribution in [1.29, 1.82) is 0 Å². The van der Waals surface area contributed by atoms with Gasteiger partial charge in [0.25, 0.3) is 0 Å². The van der Waals surface area contributed by atoms with Gasteiger partial charge in [0, 0.05) is 18.7 Å². The Hall–Kier alpha value is -1.71. The standard InChI is InChI=1S/C12H12FNO2/c13-11-7-10(5-4-9(11)8-15)14-6-2-1-3-12(14)16/h4-5,7-8H,1-3,6H2. The lowest BCUT2D eigenvalue weighted by atomic mass is 10.1. The van der Waals surface area contributed by atoms with Gasteiger partial charge in [0.15, 0.2) is 6.29 Å². The summed E-state index contributed by atoms with van der Waals surface area (Å²) in [5.74, 6) is -0.560. The third-order valence-corrected chi connectivity index (χ3v) is 2.75. The van der Waals surface area contributed by atoms with Gasteiger partial charge in [0.1, 0.15) is 5.82 Å². The molecule has 16 heavy (non-hydrogen) atoms. The van der Waals surface area contributed by atoms with Crippen molar-refractivity contribution in [2.24, 2.45) is 0 Å². The first-order valence-corrected chi connectivity index (χ1v) is 5.27. The van der Waals surface area contributed by atoms with Gasteiger partial charge in [-0.25, -0.2) is 4.39 Å². The maximum absolute atomic E-state index is 13.4. The highest BCUT2D eigenvalue weighted by molar-refractivity contribution is 5.94. The fourth-order valence-corrected chi connectivity index (χ4v) is 1.86. The lowest BCUT2D eigenvalue weighted by Crippen LogP contribution is -2.35. The average molecular weight is 221 g/mol. The van der Waals surface area contributed by atoms with E-state index in [2.05, 4.69) is 0 Å². The summed E-state index contributed by atoms with van der Waals surface area (Å²) < 4.78 is 13.4. The van der Waals surface area contributed by atoms with Crippen molar-refractivity contribution in [1.82, 2.24) is 0 Å². The third-order valence-electron chi connectivity index (χ3n) is 2.75. The van der Waals surface area contributed by atoms with Crippen molar-refractivity contribution in [2.45, 2.75) is 19.3 Å². The fourth-order valence-electron chi connectivity index (χ4n) is 1.86. The van der Waals surface area contributed by atoms with Gasteiger partial charge < -0.3 is 4.90 Å². The number of rotatable bonds is 2. The quantitative estimate of drug-likeness (QED) is 0.717. The van der Waals surface area contributed by atoms with Gasteiger partial charge in [0.05, 0.1) is 5.56 Å². The maximum atomic E-state index is 13.4. The minimum atomic E-state index is -0.578. The van der Waals surface area contributed by atoms with Gasteiger partial charge in [0.2, 0.25) is 5.91 Å². The molecule has 1 saturated heterocycles. The SMILES string of the molecule is O=Cc1ccc(N2CCCCC2=O)cc1F. The second kappa shape index (κ2) is 4.43. The van der Waals surface area contributed by atoms with Crippen LogP contribution in [0.25, 0.3) is 0 Å². The van der Waals surface area contributed by atoms with Crippen LogP contribution in [0.4, 0.5) is 10.1 Å². The van der Waals surface area contributed by atoms with Crippen LogP contribution in [0.15, 0.2) is 18.2 Å². The molecule has 0 unspecified atom stereocenters. The Morgan fingerprint density at radius 2 is 2.12 bits per heavy atom. The number of nitrogens with zero attached hydrogens (tertiary/aromatic N) is 1. The Kier molecular flexibility index (Phi) is 2.99. The third kappa shape index (κ3) is 1.96. The molecule has 1 aromatic rings. The second-order valence-corrected chi connectivity index (χ2v) is 3.83. The summed E-state index contributed by atoms with van der Waals surface area (Å²) in [6.45, 7) is 0.624. The number of piperidine rings is 1. The average Bonchev–Trinajstić information content (AvgIpc) is 2.29. The number of anilines is 1. The molecule has 84 valence electrons. The molecule has 0 saturated carbocycles. The maximum Gasteiger partial charge on any atom is 0.226 e. The van der Waals surface area contributed by atoms with Crippen LogP contribution >= 0.6 is 0 Å². The molecule has 0 atom stereocenters. The van der Waals surface area contributed by atoms with E-state index in [9.17, 15) is 14.0 Å². The van der Waals surface area contributed by atoms with Crippen molar-refractivity contribution < 1.29 is 14.0 Å². The fraction of sp³-hybridized carbons (Fsp3) is 0.333. The first-order chi connectivity index (χ1) is 7.72. The molecule has 1 aliphatic rings. The first kappa shape index (κ1) is 10.8. The number of carbonyl (C=O) groups excluding carboxylic acids is 2. The zero-order chi connectivity index (χ0) is 11.5. The molecule has 1 aromatic carbocycles. The molecule has 0 N–H and O–H groups in total. The van der Waals surface area contributed by atoms with E-state index in [1.54, 1.807) is 11.0 Å². The van der Waals surface area contributed by atoms with Gasteiger partial charge >= 0.3 is 0 Å². The van der Waals surface area contributed by atoms with Crippen LogP contribution in [0.3, 0.4) is 0 Å². The van der Waals surface area contributed by atoms with Gasteiger partial charge in [-0.15, -0.1) is 0 Å². The number of halogens is 1. The smallest absolute Gasteiger partial charge is 0.226 e. The first-order valence-electron chi connectivity index (χ1n) is 5.27. The summed E-state index contributed by atoms with van der Waals surface area (Å²) in [7, 11) is 0. The molecule has 1 heterocycles. The van der Waals surface area contributed by atoms with E-state index in [1.165, 1.54) is 12.1 Å². The van der Waals surface area contributed by atoms with E-state index in [0.29, 0.717) is 24.9 Å². The minimum absolute atomic E-state index is 0.0181. The van der Waals surface area contributed by atoms with Crippen LogP contribution in [-0.4, -0.2) is 18.7 Å². The van der Waals surface area contributed by atoms with Crippen molar-refractivity contribution >= 4 is 17.9 Å². The van der Waals surface area contributed by atoms with Gasteiger partial charge in [-0.1, -0.05) is 0 Å². The predicted molar refractivity (Wildman–Crippen MR) is 58.0 cm³/mol. The summed E-state index contributed by atoms with van der Waals surface area (Å²) in [4.78, 5) is 23.6. The number of amides is 1. The second-order valence-electron chi connectivity index (χ2n) is 3.83. The van der Waals surface area contributed by atoms with Crippen molar-refractivity contribution in [3.63, 3.8) is 0 Å². The lowest BCUT2D eigenvalue weighted by Gasteiger charge is -2.26. The Labute approximate surface area is 92.9 Å². The Morgan fingerprint density at radius 1 is 1.31 bits per heavy atom. The summed E-state index contributed by atoms with van der Waals surface area (Å²) in [6.07, 6.45) is 2.81. The molecule has 0 radical (unpaired) electrons. The zero-order valence-corrected chi connectivity index (χ0v) is 8.78. The van der Waals surface area contributed by atoms with E-state index in [0.717, 1.165) is 12.8 Å². The summed E-state index contributed by atoms with van der Waals surface area (Å²) in [6, 6.07) is 4.25. The van der Waals surface area contributed by atoms with Crippen LogP contribution in [0.2, 0.25) is 0 Å². The summed E-state index contributed by atoms with van der Waals surface area (Å²) in [5.41, 5.74) is 0.556. The Balaban J connectivity index is 2.29. The van der Waals surface area contributed by atoms with Gasteiger partial charge in [-0.2, -0.15) is 0 Å². The predicted octanol–water partition coefficient (Wildman–Crippen LogP) is 2.16. The summed E-state index contributed by atoms with van der Waals surface area (Å²) in [5, 5.41) is 0. The number of carbonyl (C=O) groups is 2. The van der Waals surface area contributed by atoms with Crippen molar-refractivity contribution in [3.05, 3.63) is 29.6 Å². The molecule has 1 aliphatic heterocycles. The molecule has 0 spiro atoms. The largest absolute Gasteiger partial charge is 0.312 e. The van der Waals surface area contributed by atoms with Crippen LogP contribution in [0.1, 0.15) is 29.6 Å². The monoisotopic (exact) mass is 221 g/mol. The zero-order valence-electron chi connectivity index (χ0n) is 8.78. The molecule has 4 heteroatoms. The van der Waals surface area contributed by atoms with Crippen LogP contribution < -0.4 is 4.90 Å². The highest BCUT2D eigenvalue weighted by Crippen LogP contribution is 2.22. The number of benzene rings is 1. The van der Waals surface area contributed by atoms with E-state index < -0.39 is 5.82 Å². The molecular formula is C12H12FNO2. The molecule has 3 nitrogen and oxygen atoms in total. The topological polar surface area (TPSA) is 37.4 Å². The highest BCUT2D eigenvalue weighted by Gasteiger charge is 2.20. The van der Waals surface area contributed by atoms with Crippen LogP contribution in [0.5, 0.6) is 0 Å². The molecular weight excluding hydrogens is 209 g/mol. The van der Waals surface area contributed by atoms with Crippen molar-refractivity contribution in [3.8, 4) is 0 Å². The van der Waals surface area contributed by atoms with Crippen LogP contribution in [0, 0.1) is 5.82 Å². The normalized spacial score (nSPS) is 16.3. The molecule has 2 rings (SSSR count). The molecule has 1 amide bonds. The minimum Gasteiger partial charge on any atom is -0.312 e. The van der Waals surface area contributed by atoms with E-state index in [-0.39, 0.29) is 11.5 Å². The molecule has 0 aromatic heterocycles. The molecule has 0 aliphatic carbocycles. The van der Waals surface area contributed by atoms with Crippen molar-refractivity contribution in [2.75, 3.05) is 11.4 Å². The van der Waals surface area contributed by atoms with Gasteiger partial charge in [-0.05, 0) is 31.0 Å². The molecule has 1 fully saturated rings. The molecule has 0 bridgehead atoms. The van der Waals surface area contributed by atoms with E-state index >= 15 is 0 Å². The lowest BCUT2D eigenvalue weighted by molar-refractivity contribution is -0.119. The van der Waals surface area contributed by atoms with E-state index in [4.69, 9.17) is 0 Å². The Morgan fingerprint density at radius 3 is 2.75 bits per heavy atom. The number of hydrogen-bond acceptors (Lipinski definition) is 2. The highest BCUT2D eigenvalue weighted by atomic mass is 19.1. The number of hydrogen-bond donors (Lipinski definition) is 0. The summed E-state index contributed by atoms with van der Waals surface area (Å²) >= 11 is 0. The number of aldehydes is 1. The Bertz CT molecular complexity index is 431. The van der Waals surface area contributed by atoms with Gasteiger partial charge in [-0.3, -0.25) is 9.59 Å². The van der Waals surface area contributed by atoms with E-state index in [1.807, 2.05) is 0 Å². The van der Waals surface area contributed by atoms with Crippen LogP contribution in [-0.2, 0) is 4.79 Å².